The molecule has 9 heteroatoms. The third kappa shape index (κ3) is 3.73. The molecule has 1 aromatic carbocycles. The van der Waals surface area contributed by atoms with Crippen LogP contribution in [0.3, 0.4) is 0 Å². The van der Waals surface area contributed by atoms with E-state index in [0.29, 0.717) is 13.1 Å². The molecule has 1 saturated carbocycles. The summed E-state index contributed by atoms with van der Waals surface area (Å²) in [6.45, 7) is 0.976. The van der Waals surface area contributed by atoms with E-state index in [4.69, 9.17) is 0 Å². The number of piperazine rings is 1. The average molecular weight is 381 g/mol. The molecule has 0 atom stereocenters. The minimum absolute atomic E-state index is 0.0575. The van der Waals surface area contributed by atoms with Crippen LogP contribution < -0.4 is 0 Å². The Bertz CT molecular complexity index is 781. The van der Waals surface area contributed by atoms with E-state index >= 15 is 0 Å². The van der Waals surface area contributed by atoms with E-state index in [0.717, 1.165) is 25.7 Å². The van der Waals surface area contributed by atoms with Crippen molar-refractivity contribution < 1.29 is 18.1 Å². The number of benzene rings is 1. The molecule has 0 unspecified atom stereocenters. The van der Waals surface area contributed by atoms with Crippen LogP contribution in [0.1, 0.15) is 32.1 Å². The molecule has 0 aromatic heterocycles. The van der Waals surface area contributed by atoms with Gasteiger partial charge in [0, 0.05) is 38.2 Å². The lowest BCUT2D eigenvalue weighted by Gasteiger charge is -2.36. The van der Waals surface area contributed by atoms with Gasteiger partial charge in [-0.15, -0.1) is 0 Å². The lowest BCUT2D eigenvalue weighted by atomic mass is 9.88. The monoisotopic (exact) mass is 381 g/mol. The molecular formula is C17H23N3O5S. The van der Waals surface area contributed by atoms with Crippen LogP contribution in [-0.4, -0.2) is 54.6 Å². The molecule has 1 aliphatic heterocycles. The highest BCUT2D eigenvalue weighted by atomic mass is 32.2. The number of hydrogen-bond donors (Lipinski definition) is 0. The Hall–Kier alpha value is -2.00. The van der Waals surface area contributed by atoms with Crippen molar-refractivity contribution in [1.82, 2.24) is 9.21 Å². The summed E-state index contributed by atoms with van der Waals surface area (Å²) >= 11 is 0. The van der Waals surface area contributed by atoms with Crippen LogP contribution in [0.4, 0.5) is 5.69 Å². The van der Waals surface area contributed by atoms with Crippen LogP contribution in [-0.2, 0) is 14.8 Å². The predicted molar refractivity (Wildman–Crippen MR) is 95.0 cm³/mol. The van der Waals surface area contributed by atoms with Crippen LogP contribution in [0.15, 0.2) is 29.2 Å². The molecule has 3 rings (SSSR count). The summed E-state index contributed by atoms with van der Waals surface area (Å²) in [5.74, 6) is 0.176. The lowest BCUT2D eigenvalue weighted by Crippen LogP contribution is -2.52. The molecule has 1 saturated heterocycles. The number of hydrogen-bond acceptors (Lipinski definition) is 5. The van der Waals surface area contributed by atoms with E-state index in [1.54, 1.807) is 4.90 Å². The molecule has 0 radical (unpaired) electrons. The second kappa shape index (κ2) is 7.71. The Labute approximate surface area is 153 Å². The van der Waals surface area contributed by atoms with Gasteiger partial charge in [0.25, 0.3) is 5.69 Å². The van der Waals surface area contributed by atoms with E-state index in [1.165, 1.54) is 35.0 Å². The first-order chi connectivity index (χ1) is 12.4. The fraction of sp³-hybridized carbons (Fsp3) is 0.588. The first kappa shape index (κ1) is 18.8. The zero-order valence-corrected chi connectivity index (χ0v) is 15.4. The number of carbonyl (C=O) groups excluding carboxylic acids is 1. The average Bonchev–Trinajstić information content (AvgIpc) is 2.68. The summed E-state index contributed by atoms with van der Waals surface area (Å²) in [7, 11) is -3.96. The Morgan fingerprint density at radius 3 is 2.27 bits per heavy atom. The second-order valence-corrected chi connectivity index (χ2v) is 8.70. The molecule has 1 amide bonds. The Balaban J connectivity index is 1.69. The molecule has 8 nitrogen and oxygen atoms in total. The van der Waals surface area contributed by atoms with Gasteiger partial charge in [-0.3, -0.25) is 14.9 Å². The Morgan fingerprint density at radius 1 is 1.04 bits per heavy atom. The SMILES string of the molecule is O=C(C1CCCCC1)N1CCN(S(=O)(=O)c2ccccc2[N+](=O)[O-])CC1. The molecule has 0 spiro atoms. The number of nitrogens with zero attached hydrogens (tertiary/aromatic N) is 3. The van der Waals surface area contributed by atoms with Crippen LogP contribution in [0, 0.1) is 16.0 Å². The number of rotatable bonds is 4. The molecule has 2 fully saturated rings. The quantitative estimate of drug-likeness (QED) is 0.586. The van der Waals surface area contributed by atoms with Gasteiger partial charge in [0.05, 0.1) is 4.92 Å². The molecule has 2 aliphatic rings. The highest BCUT2D eigenvalue weighted by Crippen LogP contribution is 2.28. The molecule has 1 aliphatic carbocycles. The zero-order chi connectivity index (χ0) is 18.7. The van der Waals surface area contributed by atoms with E-state index in [1.807, 2.05) is 0 Å². The summed E-state index contributed by atoms with van der Waals surface area (Å²) in [5, 5.41) is 11.1. The number of carbonyl (C=O) groups is 1. The topological polar surface area (TPSA) is 101 Å². The van der Waals surface area contributed by atoms with E-state index in [-0.39, 0.29) is 29.8 Å². The number of amides is 1. The van der Waals surface area contributed by atoms with E-state index < -0.39 is 20.6 Å². The van der Waals surface area contributed by atoms with Crippen molar-refractivity contribution in [2.75, 3.05) is 26.2 Å². The first-order valence-electron chi connectivity index (χ1n) is 8.93. The Morgan fingerprint density at radius 2 is 1.65 bits per heavy atom. The van der Waals surface area contributed by atoms with Gasteiger partial charge in [-0.25, -0.2) is 8.42 Å². The summed E-state index contributed by atoms with van der Waals surface area (Å²) in [6.07, 6.45) is 5.14. The maximum Gasteiger partial charge on any atom is 0.289 e. The zero-order valence-electron chi connectivity index (χ0n) is 14.5. The van der Waals surface area contributed by atoms with Gasteiger partial charge in [0.15, 0.2) is 4.90 Å². The van der Waals surface area contributed by atoms with Crippen molar-refractivity contribution in [1.29, 1.82) is 0 Å². The largest absolute Gasteiger partial charge is 0.340 e. The van der Waals surface area contributed by atoms with Crippen molar-refractivity contribution in [2.24, 2.45) is 5.92 Å². The first-order valence-corrected chi connectivity index (χ1v) is 10.4. The molecule has 0 N–H and O–H groups in total. The summed E-state index contributed by atoms with van der Waals surface area (Å²) in [4.78, 5) is 24.5. The van der Waals surface area contributed by atoms with Gasteiger partial charge < -0.3 is 4.90 Å². The molecular weight excluding hydrogens is 358 g/mol. The fourth-order valence-corrected chi connectivity index (χ4v) is 5.30. The number of sulfonamides is 1. The number of para-hydroxylation sites is 1. The molecule has 142 valence electrons. The van der Waals surface area contributed by atoms with E-state index in [9.17, 15) is 23.3 Å². The maximum atomic E-state index is 12.8. The van der Waals surface area contributed by atoms with Crippen molar-refractivity contribution in [3.8, 4) is 0 Å². The van der Waals surface area contributed by atoms with Crippen LogP contribution in [0.2, 0.25) is 0 Å². The molecule has 1 heterocycles. The summed E-state index contributed by atoms with van der Waals surface area (Å²) < 4.78 is 26.9. The van der Waals surface area contributed by atoms with Crippen molar-refractivity contribution >= 4 is 21.6 Å². The highest BCUT2D eigenvalue weighted by molar-refractivity contribution is 7.89. The summed E-state index contributed by atoms with van der Waals surface area (Å²) in [5.41, 5.74) is -0.423. The van der Waals surface area contributed by atoms with Crippen LogP contribution >= 0.6 is 0 Å². The van der Waals surface area contributed by atoms with Gasteiger partial charge in [-0.1, -0.05) is 31.4 Å². The number of nitro groups is 1. The van der Waals surface area contributed by atoms with Crippen molar-refractivity contribution in [2.45, 2.75) is 37.0 Å². The summed E-state index contributed by atoms with van der Waals surface area (Å²) in [6, 6.07) is 5.36. The van der Waals surface area contributed by atoms with E-state index in [2.05, 4.69) is 0 Å². The van der Waals surface area contributed by atoms with Crippen molar-refractivity contribution in [3.63, 3.8) is 0 Å². The van der Waals surface area contributed by atoms with Crippen molar-refractivity contribution in [3.05, 3.63) is 34.4 Å². The third-order valence-electron chi connectivity index (χ3n) is 5.18. The van der Waals surface area contributed by atoms with Gasteiger partial charge >= 0.3 is 0 Å². The minimum atomic E-state index is -3.96. The lowest BCUT2D eigenvalue weighted by molar-refractivity contribution is -0.387. The van der Waals surface area contributed by atoms with Gasteiger partial charge in [0.1, 0.15) is 0 Å². The minimum Gasteiger partial charge on any atom is -0.340 e. The fourth-order valence-electron chi connectivity index (χ4n) is 3.72. The maximum absolute atomic E-state index is 12.8. The molecule has 26 heavy (non-hydrogen) atoms. The van der Waals surface area contributed by atoms with Gasteiger partial charge in [-0.05, 0) is 18.9 Å². The third-order valence-corrected chi connectivity index (χ3v) is 7.13. The molecule has 0 bridgehead atoms. The van der Waals surface area contributed by atoms with Crippen LogP contribution in [0.25, 0.3) is 0 Å². The van der Waals surface area contributed by atoms with Gasteiger partial charge in [-0.2, -0.15) is 4.31 Å². The molecule has 1 aromatic rings. The normalized spacial score (nSPS) is 20.1. The van der Waals surface area contributed by atoms with Crippen LogP contribution in [0.5, 0.6) is 0 Å². The smallest absolute Gasteiger partial charge is 0.289 e. The highest BCUT2D eigenvalue weighted by Gasteiger charge is 2.35. The predicted octanol–water partition coefficient (Wildman–Crippen LogP) is 2.01. The van der Waals surface area contributed by atoms with Gasteiger partial charge in [0.2, 0.25) is 15.9 Å². The Kier molecular flexibility index (Phi) is 5.57. The number of nitro benzene ring substituents is 1. The standard InChI is InChI=1S/C17H23N3O5S/c21-17(14-6-2-1-3-7-14)18-10-12-19(13-11-18)26(24,25)16-9-5-4-8-15(16)20(22)23/h4-5,8-9,14H,1-3,6-7,10-13H2. The second-order valence-electron chi connectivity index (χ2n) is 6.79.